The van der Waals surface area contributed by atoms with Crippen LogP contribution in [0.25, 0.3) is 21.3 Å². The number of rotatable bonds is 6. The van der Waals surface area contributed by atoms with Gasteiger partial charge in [-0.2, -0.15) is 0 Å². The fourth-order valence-corrected chi connectivity index (χ4v) is 5.96. The van der Waals surface area contributed by atoms with Gasteiger partial charge >= 0.3 is 0 Å². The number of nitrogens with two attached hydrogens (primary N) is 1. The van der Waals surface area contributed by atoms with Crippen LogP contribution in [0.5, 0.6) is 5.75 Å². The molecule has 9 heteroatoms. The largest absolute Gasteiger partial charge is 0.497 e. The number of carbonyl (C=O) groups is 2. The maximum atomic E-state index is 13.8. The van der Waals surface area contributed by atoms with Crippen molar-refractivity contribution in [1.29, 1.82) is 0 Å². The molecule has 0 aliphatic carbocycles. The number of hydrogen-bond donors (Lipinski definition) is 3. The average Bonchev–Trinajstić information content (AvgIpc) is 3.25. The highest BCUT2D eigenvalue weighted by Gasteiger charge is 2.27. The van der Waals surface area contributed by atoms with Crippen molar-refractivity contribution in [1.82, 2.24) is 4.98 Å². The Kier molecular flexibility index (Phi) is 7.60. The van der Waals surface area contributed by atoms with Gasteiger partial charge in [-0.1, -0.05) is 51.8 Å². The number of thiophene rings is 1. The summed E-state index contributed by atoms with van der Waals surface area (Å²) >= 11 is 4.69. The van der Waals surface area contributed by atoms with E-state index in [0.29, 0.717) is 49.0 Å². The summed E-state index contributed by atoms with van der Waals surface area (Å²) in [6, 6.07) is 20.6. The number of methoxy groups -OCH3 is 1. The number of halogens is 1. The predicted octanol–water partition coefficient (Wildman–Crippen LogP) is 7.75. The number of hydrogen-bond acceptors (Lipinski definition) is 6. The van der Waals surface area contributed by atoms with E-state index in [-0.39, 0.29) is 17.5 Å². The van der Waals surface area contributed by atoms with Crippen molar-refractivity contribution in [3.8, 4) is 16.9 Å². The third kappa shape index (κ3) is 5.30. The SMILES string of the molecule is COc1cccc(NC(=O)c2sc3nc(C)c(C(=O)Nc4ccc(C)cc4C)c(-c4ccc(Br)cc4)c3c2N)c1. The molecule has 2 aromatic heterocycles. The molecular weight excluding hydrogens is 588 g/mol. The Hall–Kier alpha value is -4.21. The van der Waals surface area contributed by atoms with Crippen LogP contribution >= 0.6 is 27.3 Å². The minimum absolute atomic E-state index is 0.270. The van der Waals surface area contributed by atoms with Gasteiger partial charge in [-0.25, -0.2) is 4.98 Å². The molecule has 2 amide bonds. The molecule has 5 aromatic rings. The number of fused-ring (bicyclic) bond motifs is 1. The van der Waals surface area contributed by atoms with Crippen LogP contribution in [0.4, 0.5) is 17.1 Å². The summed E-state index contributed by atoms with van der Waals surface area (Å²) in [7, 11) is 1.57. The van der Waals surface area contributed by atoms with Gasteiger partial charge < -0.3 is 21.1 Å². The first-order valence-corrected chi connectivity index (χ1v) is 14.1. The Bertz CT molecular complexity index is 1780. The number of nitrogen functional groups attached to an aromatic ring is 1. The number of anilines is 3. The fraction of sp³-hybridized carbons (Fsp3) is 0.129. The topological polar surface area (TPSA) is 106 Å². The van der Waals surface area contributed by atoms with Gasteiger partial charge in [0.2, 0.25) is 0 Å². The second-order valence-corrected chi connectivity index (χ2v) is 11.4. The van der Waals surface area contributed by atoms with Gasteiger partial charge in [0.05, 0.1) is 24.1 Å². The minimum Gasteiger partial charge on any atom is -0.497 e. The lowest BCUT2D eigenvalue weighted by atomic mass is 9.94. The summed E-state index contributed by atoms with van der Waals surface area (Å²) in [5.74, 6) is -0.0457. The van der Waals surface area contributed by atoms with E-state index in [2.05, 4.69) is 26.6 Å². The highest BCUT2D eigenvalue weighted by molar-refractivity contribution is 9.10. The van der Waals surface area contributed by atoms with Crippen molar-refractivity contribution in [2.45, 2.75) is 20.8 Å². The van der Waals surface area contributed by atoms with Gasteiger partial charge in [-0.05, 0) is 62.2 Å². The molecule has 7 nitrogen and oxygen atoms in total. The molecule has 202 valence electrons. The smallest absolute Gasteiger partial charge is 0.267 e. The second kappa shape index (κ2) is 11.1. The molecule has 40 heavy (non-hydrogen) atoms. The number of amides is 2. The van der Waals surface area contributed by atoms with Crippen LogP contribution in [0.3, 0.4) is 0 Å². The lowest BCUT2D eigenvalue weighted by molar-refractivity contribution is 0.102. The van der Waals surface area contributed by atoms with Crippen LogP contribution in [0.15, 0.2) is 71.2 Å². The summed E-state index contributed by atoms with van der Waals surface area (Å²) in [5, 5.41) is 6.52. The third-order valence-corrected chi connectivity index (χ3v) is 8.21. The first kappa shape index (κ1) is 27.4. The van der Waals surface area contributed by atoms with Crippen molar-refractivity contribution >= 4 is 66.4 Å². The normalized spacial score (nSPS) is 10.9. The number of nitrogens with zero attached hydrogens (tertiary/aromatic N) is 1. The van der Waals surface area contributed by atoms with Crippen molar-refractivity contribution in [3.63, 3.8) is 0 Å². The van der Waals surface area contributed by atoms with E-state index < -0.39 is 0 Å². The molecule has 0 unspecified atom stereocenters. The molecule has 0 aliphatic rings. The number of pyridine rings is 1. The second-order valence-electron chi connectivity index (χ2n) is 9.44. The van der Waals surface area contributed by atoms with Gasteiger partial charge in [0.15, 0.2) is 0 Å². The van der Waals surface area contributed by atoms with Gasteiger partial charge in [0, 0.05) is 32.9 Å². The molecule has 0 fully saturated rings. The summed E-state index contributed by atoms with van der Waals surface area (Å²) in [5.41, 5.74) is 12.7. The highest BCUT2D eigenvalue weighted by atomic mass is 79.9. The molecule has 0 radical (unpaired) electrons. The van der Waals surface area contributed by atoms with Crippen LogP contribution in [-0.2, 0) is 0 Å². The average molecular weight is 616 g/mol. The minimum atomic E-state index is -0.366. The standard InChI is InChI=1S/C31H27BrN4O3S/c1-16-8-13-23(17(2)14-16)36-29(37)24-18(3)34-31-26(25(24)19-9-11-20(32)12-10-19)27(33)28(40-31)30(38)35-21-6-5-7-22(15-21)39-4/h5-15H,33H2,1-4H3,(H,35,38)(H,36,37). The fourth-order valence-electron chi connectivity index (χ4n) is 4.64. The van der Waals surface area contributed by atoms with Gasteiger partial charge in [0.1, 0.15) is 15.5 Å². The van der Waals surface area contributed by atoms with Crippen LogP contribution in [0, 0.1) is 20.8 Å². The number of ether oxygens (including phenoxy) is 1. The molecule has 0 saturated carbocycles. The van der Waals surface area contributed by atoms with Crippen LogP contribution < -0.4 is 21.1 Å². The lowest BCUT2D eigenvalue weighted by Crippen LogP contribution is -2.17. The van der Waals surface area contributed by atoms with E-state index in [4.69, 9.17) is 15.5 Å². The Balaban J connectivity index is 1.65. The van der Waals surface area contributed by atoms with Gasteiger partial charge in [0.25, 0.3) is 11.8 Å². The van der Waals surface area contributed by atoms with E-state index in [1.54, 1.807) is 38.3 Å². The Morgan fingerprint density at radius 1 is 0.950 bits per heavy atom. The van der Waals surface area contributed by atoms with Crippen LogP contribution in [0.2, 0.25) is 0 Å². The number of aryl methyl sites for hydroxylation is 3. The Labute approximate surface area is 244 Å². The Morgan fingerprint density at radius 3 is 2.40 bits per heavy atom. The van der Waals surface area contributed by atoms with E-state index in [9.17, 15) is 9.59 Å². The molecule has 2 heterocycles. The van der Waals surface area contributed by atoms with Gasteiger partial charge in [-0.15, -0.1) is 11.3 Å². The monoisotopic (exact) mass is 614 g/mol. The van der Waals surface area contributed by atoms with Gasteiger partial charge in [-0.3, -0.25) is 9.59 Å². The van der Waals surface area contributed by atoms with E-state index in [1.807, 2.05) is 56.3 Å². The van der Waals surface area contributed by atoms with Crippen molar-refractivity contribution in [2.75, 3.05) is 23.5 Å². The van der Waals surface area contributed by atoms with Crippen molar-refractivity contribution in [2.24, 2.45) is 0 Å². The molecule has 0 saturated heterocycles. The maximum Gasteiger partial charge on any atom is 0.267 e. The first-order chi connectivity index (χ1) is 19.2. The maximum absolute atomic E-state index is 13.8. The third-order valence-electron chi connectivity index (χ3n) is 6.58. The summed E-state index contributed by atoms with van der Waals surface area (Å²) in [6.07, 6.45) is 0. The molecular formula is C31H27BrN4O3S. The molecule has 0 atom stereocenters. The lowest BCUT2D eigenvalue weighted by Gasteiger charge is -2.16. The molecule has 5 rings (SSSR count). The quantitative estimate of drug-likeness (QED) is 0.181. The summed E-state index contributed by atoms with van der Waals surface area (Å²) in [6.45, 7) is 5.76. The number of benzene rings is 3. The zero-order valence-electron chi connectivity index (χ0n) is 22.4. The molecule has 0 bridgehead atoms. The van der Waals surface area contributed by atoms with Crippen molar-refractivity contribution in [3.05, 3.63) is 98.5 Å². The number of nitrogens with one attached hydrogen (secondary N) is 2. The zero-order valence-corrected chi connectivity index (χ0v) is 24.8. The summed E-state index contributed by atoms with van der Waals surface area (Å²) < 4.78 is 6.17. The molecule has 0 spiro atoms. The first-order valence-electron chi connectivity index (χ1n) is 12.5. The highest BCUT2D eigenvalue weighted by Crippen LogP contribution is 2.43. The molecule has 0 aliphatic heterocycles. The van der Waals surface area contributed by atoms with Crippen LogP contribution in [-0.4, -0.2) is 23.9 Å². The van der Waals surface area contributed by atoms with E-state index in [1.165, 1.54) is 11.3 Å². The van der Waals surface area contributed by atoms with E-state index >= 15 is 0 Å². The number of carbonyl (C=O) groups excluding carboxylic acids is 2. The van der Waals surface area contributed by atoms with Crippen LogP contribution in [0.1, 0.15) is 36.9 Å². The van der Waals surface area contributed by atoms with Crippen molar-refractivity contribution < 1.29 is 14.3 Å². The molecule has 3 aromatic carbocycles. The number of aromatic nitrogens is 1. The van der Waals surface area contributed by atoms with E-state index in [0.717, 1.165) is 21.2 Å². The predicted molar refractivity (Wildman–Crippen MR) is 167 cm³/mol. The Morgan fingerprint density at radius 2 is 1.70 bits per heavy atom. The summed E-state index contributed by atoms with van der Waals surface area (Å²) in [4.78, 5) is 32.8. The zero-order chi connectivity index (χ0) is 28.6. The molecule has 4 N–H and O–H groups in total.